The minimum absolute atomic E-state index is 0.121. The van der Waals surface area contributed by atoms with Gasteiger partial charge in [-0.25, -0.2) is 8.42 Å². The molecule has 1 unspecified atom stereocenters. The van der Waals surface area contributed by atoms with Crippen LogP contribution in [-0.4, -0.2) is 27.7 Å². The number of hydrogen-bond acceptors (Lipinski definition) is 4. The van der Waals surface area contributed by atoms with Gasteiger partial charge in [0.1, 0.15) is 0 Å². The van der Waals surface area contributed by atoms with Crippen LogP contribution in [0.1, 0.15) is 26.3 Å². The van der Waals surface area contributed by atoms with E-state index < -0.39 is 10.0 Å². The van der Waals surface area contributed by atoms with E-state index in [4.69, 9.17) is 9.47 Å². The third kappa shape index (κ3) is 3.18. The molecule has 1 heterocycles. The molecule has 1 aliphatic heterocycles. The van der Waals surface area contributed by atoms with Crippen LogP contribution in [0.5, 0.6) is 11.5 Å². The van der Waals surface area contributed by atoms with E-state index in [-0.39, 0.29) is 10.9 Å². The SMILES string of the molecule is CCOc1ccc(S(=O)(=O)N2c3ccccc3CC2C)cc1OCC. The quantitative estimate of drug-likeness (QED) is 0.788. The first-order chi connectivity index (χ1) is 12.0. The van der Waals surface area contributed by atoms with Crippen LogP contribution in [-0.2, 0) is 16.4 Å². The van der Waals surface area contributed by atoms with E-state index in [1.165, 1.54) is 4.31 Å². The average Bonchev–Trinajstić information content (AvgIpc) is 2.93. The molecule has 0 saturated heterocycles. The highest BCUT2D eigenvalue weighted by Crippen LogP contribution is 2.38. The molecule has 3 rings (SSSR count). The summed E-state index contributed by atoms with van der Waals surface area (Å²) < 4.78 is 39.1. The highest BCUT2D eigenvalue weighted by molar-refractivity contribution is 7.92. The summed E-state index contributed by atoms with van der Waals surface area (Å²) in [6.45, 7) is 6.59. The molecule has 0 saturated carbocycles. The molecule has 0 amide bonds. The first kappa shape index (κ1) is 17.6. The Bertz CT molecular complexity index is 863. The molecule has 0 aromatic heterocycles. The molecule has 0 fully saturated rings. The number of sulfonamides is 1. The van der Waals surface area contributed by atoms with Crippen molar-refractivity contribution in [2.75, 3.05) is 17.5 Å². The monoisotopic (exact) mass is 361 g/mol. The number of benzene rings is 2. The molecular formula is C19H23NO4S. The fourth-order valence-electron chi connectivity index (χ4n) is 3.21. The van der Waals surface area contributed by atoms with Crippen molar-refractivity contribution in [1.82, 2.24) is 0 Å². The Morgan fingerprint density at radius 1 is 1.04 bits per heavy atom. The fourth-order valence-corrected chi connectivity index (χ4v) is 4.92. The second-order valence-corrected chi connectivity index (χ2v) is 7.77. The van der Waals surface area contributed by atoms with Crippen molar-refractivity contribution in [3.05, 3.63) is 48.0 Å². The average molecular weight is 361 g/mol. The van der Waals surface area contributed by atoms with Crippen molar-refractivity contribution in [2.24, 2.45) is 0 Å². The zero-order chi connectivity index (χ0) is 18.0. The van der Waals surface area contributed by atoms with Crippen LogP contribution in [0.3, 0.4) is 0 Å². The molecule has 2 aromatic rings. The third-order valence-corrected chi connectivity index (χ3v) is 6.14. The van der Waals surface area contributed by atoms with E-state index in [1.807, 2.05) is 45.0 Å². The van der Waals surface area contributed by atoms with Crippen LogP contribution in [0, 0.1) is 0 Å². The van der Waals surface area contributed by atoms with Crippen LogP contribution in [0.25, 0.3) is 0 Å². The van der Waals surface area contributed by atoms with Gasteiger partial charge in [0.25, 0.3) is 10.0 Å². The summed E-state index contributed by atoms with van der Waals surface area (Å²) in [7, 11) is -3.68. The number of rotatable bonds is 6. The first-order valence-electron chi connectivity index (χ1n) is 8.51. The van der Waals surface area contributed by atoms with Crippen molar-refractivity contribution < 1.29 is 17.9 Å². The largest absolute Gasteiger partial charge is 0.490 e. The zero-order valence-corrected chi connectivity index (χ0v) is 15.5. The van der Waals surface area contributed by atoms with Crippen LogP contribution >= 0.6 is 0 Å². The van der Waals surface area contributed by atoms with Gasteiger partial charge in [0.05, 0.1) is 23.8 Å². The first-order valence-corrected chi connectivity index (χ1v) is 9.95. The van der Waals surface area contributed by atoms with Crippen molar-refractivity contribution >= 4 is 15.7 Å². The zero-order valence-electron chi connectivity index (χ0n) is 14.7. The molecule has 6 heteroatoms. The molecule has 0 spiro atoms. The van der Waals surface area contributed by atoms with E-state index in [0.29, 0.717) is 31.1 Å². The van der Waals surface area contributed by atoms with Crippen LogP contribution < -0.4 is 13.8 Å². The topological polar surface area (TPSA) is 55.8 Å². The van der Waals surface area contributed by atoms with Gasteiger partial charge in [0, 0.05) is 12.1 Å². The lowest BCUT2D eigenvalue weighted by atomic mass is 10.1. The molecule has 0 bridgehead atoms. The second-order valence-electron chi connectivity index (χ2n) is 5.96. The van der Waals surface area contributed by atoms with Crippen molar-refractivity contribution in [2.45, 2.75) is 38.1 Å². The molecular weight excluding hydrogens is 338 g/mol. The van der Waals surface area contributed by atoms with Gasteiger partial charge in [-0.3, -0.25) is 4.31 Å². The second kappa shape index (κ2) is 6.96. The maximum atomic E-state index is 13.3. The van der Waals surface area contributed by atoms with Gasteiger partial charge < -0.3 is 9.47 Å². The Hall–Kier alpha value is -2.21. The number of anilines is 1. The number of hydrogen-bond donors (Lipinski definition) is 0. The highest BCUT2D eigenvalue weighted by atomic mass is 32.2. The predicted molar refractivity (Wildman–Crippen MR) is 98.1 cm³/mol. The molecule has 134 valence electrons. The van der Waals surface area contributed by atoms with Gasteiger partial charge in [-0.05, 0) is 51.0 Å². The van der Waals surface area contributed by atoms with Gasteiger partial charge in [0.2, 0.25) is 0 Å². The smallest absolute Gasteiger partial charge is 0.264 e. The molecule has 0 N–H and O–H groups in total. The molecule has 25 heavy (non-hydrogen) atoms. The summed E-state index contributed by atoms with van der Waals surface area (Å²) in [6.07, 6.45) is 0.713. The Labute approximate surface area is 149 Å². The summed E-state index contributed by atoms with van der Waals surface area (Å²) in [4.78, 5) is 0.211. The standard InChI is InChI=1S/C19H23NO4S/c1-4-23-18-11-10-16(13-19(18)24-5-2)25(21,22)20-14(3)12-15-8-6-7-9-17(15)20/h6-11,13-14H,4-5,12H2,1-3H3. The van der Waals surface area contributed by atoms with Crippen molar-refractivity contribution in [1.29, 1.82) is 0 Å². The Morgan fingerprint density at radius 3 is 2.44 bits per heavy atom. The predicted octanol–water partition coefficient (Wildman–Crippen LogP) is 3.62. The number of fused-ring (bicyclic) bond motifs is 1. The van der Waals surface area contributed by atoms with E-state index in [0.717, 1.165) is 11.3 Å². The summed E-state index contributed by atoms with van der Waals surface area (Å²) in [5.41, 5.74) is 1.80. The van der Waals surface area contributed by atoms with Gasteiger partial charge >= 0.3 is 0 Å². The van der Waals surface area contributed by atoms with E-state index in [9.17, 15) is 8.42 Å². The van der Waals surface area contributed by atoms with Crippen LogP contribution in [0.2, 0.25) is 0 Å². The van der Waals surface area contributed by atoms with Gasteiger partial charge in [-0.2, -0.15) is 0 Å². The Kier molecular flexibility index (Phi) is 4.90. The maximum Gasteiger partial charge on any atom is 0.264 e. The normalized spacial score (nSPS) is 16.6. The molecule has 1 aliphatic rings. The van der Waals surface area contributed by atoms with E-state index in [2.05, 4.69) is 0 Å². The molecule has 5 nitrogen and oxygen atoms in total. The summed E-state index contributed by atoms with van der Waals surface area (Å²) in [6, 6.07) is 12.3. The molecule has 1 atom stereocenters. The lowest BCUT2D eigenvalue weighted by Gasteiger charge is -2.25. The minimum Gasteiger partial charge on any atom is -0.490 e. The molecule has 0 radical (unpaired) electrons. The van der Waals surface area contributed by atoms with Gasteiger partial charge in [-0.15, -0.1) is 0 Å². The van der Waals surface area contributed by atoms with E-state index >= 15 is 0 Å². The highest BCUT2D eigenvalue weighted by Gasteiger charge is 2.36. The van der Waals surface area contributed by atoms with Crippen molar-refractivity contribution in [3.63, 3.8) is 0 Å². The van der Waals surface area contributed by atoms with Crippen LogP contribution in [0.15, 0.2) is 47.4 Å². The van der Waals surface area contributed by atoms with Gasteiger partial charge in [-0.1, -0.05) is 18.2 Å². The summed E-state index contributed by atoms with van der Waals surface area (Å²) >= 11 is 0. The third-order valence-electron chi connectivity index (χ3n) is 4.22. The summed E-state index contributed by atoms with van der Waals surface area (Å²) in [5.74, 6) is 1.00. The number of nitrogens with zero attached hydrogens (tertiary/aromatic N) is 1. The number of para-hydroxylation sites is 1. The van der Waals surface area contributed by atoms with Crippen molar-refractivity contribution in [3.8, 4) is 11.5 Å². The molecule has 0 aliphatic carbocycles. The Morgan fingerprint density at radius 2 is 1.72 bits per heavy atom. The van der Waals surface area contributed by atoms with E-state index in [1.54, 1.807) is 18.2 Å². The minimum atomic E-state index is -3.68. The molecule has 2 aromatic carbocycles. The lowest BCUT2D eigenvalue weighted by molar-refractivity contribution is 0.287. The van der Waals surface area contributed by atoms with Crippen LogP contribution in [0.4, 0.5) is 5.69 Å². The maximum absolute atomic E-state index is 13.3. The lowest BCUT2D eigenvalue weighted by Crippen LogP contribution is -2.35. The van der Waals surface area contributed by atoms with Gasteiger partial charge in [0.15, 0.2) is 11.5 Å². The number of ether oxygens (including phenoxy) is 2. The fraction of sp³-hybridized carbons (Fsp3) is 0.368. The Balaban J connectivity index is 2.04. The summed E-state index contributed by atoms with van der Waals surface area (Å²) in [5, 5.41) is 0.